The standard InChI is InChI=1S/C13H15N3O2/c1-8-5-9(2)16-11(10(8)6-14)15-7-13(3-4-13)12(17)18/h5H,3-4,7H2,1-2H3,(H,15,16)(H,17,18). The van der Waals surface area contributed by atoms with E-state index in [2.05, 4.69) is 16.4 Å². The molecule has 1 fully saturated rings. The van der Waals surface area contributed by atoms with Crippen LogP contribution in [0.1, 0.15) is 29.7 Å². The van der Waals surface area contributed by atoms with E-state index in [1.807, 2.05) is 19.9 Å². The van der Waals surface area contributed by atoms with Crippen molar-refractivity contribution in [2.45, 2.75) is 26.7 Å². The van der Waals surface area contributed by atoms with Crippen LogP contribution in [0.25, 0.3) is 0 Å². The largest absolute Gasteiger partial charge is 0.481 e. The zero-order valence-corrected chi connectivity index (χ0v) is 10.4. The Morgan fingerprint density at radius 2 is 2.28 bits per heavy atom. The average molecular weight is 245 g/mol. The van der Waals surface area contributed by atoms with Gasteiger partial charge in [-0.25, -0.2) is 4.98 Å². The summed E-state index contributed by atoms with van der Waals surface area (Å²) in [6, 6.07) is 3.95. The Balaban J connectivity index is 2.20. The van der Waals surface area contributed by atoms with Crippen LogP contribution in [0.3, 0.4) is 0 Å². The number of nitrogens with zero attached hydrogens (tertiary/aromatic N) is 2. The average Bonchev–Trinajstić information content (AvgIpc) is 3.06. The number of rotatable bonds is 4. The number of carboxylic acids is 1. The second-order valence-corrected chi connectivity index (χ2v) is 4.85. The van der Waals surface area contributed by atoms with Crippen molar-refractivity contribution in [1.29, 1.82) is 5.26 Å². The molecule has 2 N–H and O–H groups in total. The normalized spacial score (nSPS) is 15.8. The molecule has 1 aromatic rings. The Bertz CT molecular complexity index is 542. The fourth-order valence-electron chi connectivity index (χ4n) is 1.98. The Labute approximate surface area is 105 Å². The second kappa shape index (κ2) is 4.30. The number of carboxylic acid groups (broad SMARTS) is 1. The molecule has 1 aliphatic carbocycles. The van der Waals surface area contributed by atoms with Gasteiger partial charge in [-0.15, -0.1) is 0 Å². The van der Waals surface area contributed by atoms with Gasteiger partial charge in [-0.2, -0.15) is 5.26 Å². The summed E-state index contributed by atoms with van der Waals surface area (Å²) in [5.41, 5.74) is 1.50. The third-order valence-electron chi connectivity index (χ3n) is 3.36. The van der Waals surface area contributed by atoms with Gasteiger partial charge in [0, 0.05) is 12.2 Å². The molecule has 1 aliphatic rings. The van der Waals surface area contributed by atoms with Crippen LogP contribution in [0.15, 0.2) is 6.07 Å². The zero-order chi connectivity index (χ0) is 13.3. The molecule has 1 saturated carbocycles. The number of aliphatic carboxylic acids is 1. The van der Waals surface area contributed by atoms with Gasteiger partial charge in [-0.3, -0.25) is 4.79 Å². The van der Waals surface area contributed by atoms with Gasteiger partial charge < -0.3 is 10.4 Å². The van der Waals surface area contributed by atoms with Gasteiger partial charge in [-0.1, -0.05) is 0 Å². The van der Waals surface area contributed by atoms with Crippen LogP contribution in [0.4, 0.5) is 5.82 Å². The third-order valence-corrected chi connectivity index (χ3v) is 3.36. The van der Waals surface area contributed by atoms with Gasteiger partial charge in [-0.05, 0) is 38.3 Å². The van der Waals surface area contributed by atoms with Crippen molar-refractivity contribution in [3.05, 3.63) is 22.9 Å². The molecule has 5 heteroatoms. The van der Waals surface area contributed by atoms with Crippen LogP contribution in [0, 0.1) is 30.6 Å². The first-order chi connectivity index (χ1) is 8.48. The molecule has 0 saturated heterocycles. The van der Waals surface area contributed by atoms with E-state index in [1.165, 1.54) is 0 Å². The highest BCUT2D eigenvalue weighted by molar-refractivity contribution is 5.78. The number of hydrogen-bond acceptors (Lipinski definition) is 4. The van der Waals surface area contributed by atoms with Gasteiger partial charge >= 0.3 is 5.97 Å². The SMILES string of the molecule is Cc1cc(C)c(C#N)c(NCC2(C(=O)O)CC2)n1. The minimum Gasteiger partial charge on any atom is -0.481 e. The molecular formula is C13H15N3O2. The van der Waals surface area contributed by atoms with E-state index in [4.69, 9.17) is 10.4 Å². The topological polar surface area (TPSA) is 86.0 Å². The molecule has 0 unspecified atom stereocenters. The third kappa shape index (κ3) is 2.14. The van der Waals surface area contributed by atoms with Crippen LogP contribution < -0.4 is 5.32 Å². The Morgan fingerprint density at radius 3 is 2.78 bits per heavy atom. The van der Waals surface area contributed by atoms with E-state index in [-0.39, 0.29) is 0 Å². The molecule has 2 rings (SSSR count). The summed E-state index contributed by atoms with van der Waals surface area (Å²) in [4.78, 5) is 15.3. The Hall–Kier alpha value is -2.09. The van der Waals surface area contributed by atoms with Crippen molar-refractivity contribution < 1.29 is 9.90 Å². The lowest BCUT2D eigenvalue weighted by molar-refractivity contribution is -0.142. The zero-order valence-electron chi connectivity index (χ0n) is 10.4. The number of aryl methyl sites for hydroxylation is 2. The molecule has 1 heterocycles. The number of carbonyl (C=O) groups is 1. The fourth-order valence-corrected chi connectivity index (χ4v) is 1.98. The molecule has 0 aliphatic heterocycles. The highest BCUT2D eigenvalue weighted by atomic mass is 16.4. The summed E-state index contributed by atoms with van der Waals surface area (Å²) in [6.07, 6.45) is 1.37. The molecule has 94 valence electrons. The van der Waals surface area contributed by atoms with Crippen LogP contribution in [-0.4, -0.2) is 22.6 Å². The quantitative estimate of drug-likeness (QED) is 0.845. The highest BCUT2D eigenvalue weighted by Crippen LogP contribution is 2.45. The molecular weight excluding hydrogens is 230 g/mol. The van der Waals surface area contributed by atoms with E-state index >= 15 is 0 Å². The maximum Gasteiger partial charge on any atom is 0.311 e. The lowest BCUT2D eigenvalue weighted by Gasteiger charge is -2.14. The first-order valence-corrected chi connectivity index (χ1v) is 5.84. The monoisotopic (exact) mass is 245 g/mol. The summed E-state index contributed by atoms with van der Waals surface area (Å²) in [5.74, 6) is -0.291. The molecule has 1 aromatic heterocycles. The Kier molecular flexibility index (Phi) is 2.95. The van der Waals surface area contributed by atoms with Gasteiger partial charge in [0.05, 0.1) is 11.0 Å². The second-order valence-electron chi connectivity index (χ2n) is 4.85. The molecule has 0 bridgehead atoms. The smallest absolute Gasteiger partial charge is 0.311 e. The van der Waals surface area contributed by atoms with Crippen molar-refractivity contribution in [3.8, 4) is 6.07 Å². The predicted octanol–water partition coefficient (Wildman–Crippen LogP) is 1.85. The van der Waals surface area contributed by atoms with Crippen LogP contribution in [-0.2, 0) is 4.79 Å². The number of hydrogen-bond donors (Lipinski definition) is 2. The first kappa shape index (κ1) is 12.4. The van der Waals surface area contributed by atoms with Crippen LogP contribution >= 0.6 is 0 Å². The van der Waals surface area contributed by atoms with E-state index < -0.39 is 11.4 Å². The first-order valence-electron chi connectivity index (χ1n) is 5.84. The molecule has 18 heavy (non-hydrogen) atoms. The number of anilines is 1. The summed E-state index contributed by atoms with van der Waals surface area (Å²) in [6.45, 7) is 4.03. The highest BCUT2D eigenvalue weighted by Gasteiger charge is 2.50. The summed E-state index contributed by atoms with van der Waals surface area (Å²) >= 11 is 0. The number of nitriles is 1. The minimum absolute atomic E-state index is 0.326. The van der Waals surface area contributed by atoms with Gasteiger partial charge in [0.25, 0.3) is 0 Å². The lowest BCUT2D eigenvalue weighted by Crippen LogP contribution is -2.25. The molecule has 0 atom stereocenters. The van der Waals surface area contributed by atoms with Crippen molar-refractivity contribution in [2.75, 3.05) is 11.9 Å². The van der Waals surface area contributed by atoms with Crippen molar-refractivity contribution in [1.82, 2.24) is 4.98 Å². The molecule has 5 nitrogen and oxygen atoms in total. The summed E-state index contributed by atoms with van der Waals surface area (Å²) in [7, 11) is 0. The summed E-state index contributed by atoms with van der Waals surface area (Å²) in [5, 5.41) is 21.2. The Morgan fingerprint density at radius 1 is 1.61 bits per heavy atom. The van der Waals surface area contributed by atoms with Gasteiger partial charge in [0.1, 0.15) is 11.9 Å². The number of pyridine rings is 1. The molecule has 0 aromatic carbocycles. The van der Waals surface area contributed by atoms with Gasteiger partial charge in [0.15, 0.2) is 0 Å². The fraction of sp³-hybridized carbons (Fsp3) is 0.462. The maximum absolute atomic E-state index is 11.1. The summed E-state index contributed by atoms with van der Waals surface area (Å²) < 4.78 is 0. The van der Waals surface area contributed by atoms with Crippen molar-refractivity contribution >= 4 is 11.8 Å². The maximum atomic E-state index is 11.1. The molecule has 0 radical (unpaired) electrons. The van der Waals surface area contributed by atoms with Crippen molar-refractivity contribution in [2.24, 2.45) is 5.41 Å². The van der Waals surface area contributed by atoms with Crippen LogP contribution in [0.5, 0.6) is 0 Å². The van der Waals surface area contributed by atoms with E-state index in [0.29, 0.717) is 30.8 Å². The van der Waals surface area contributed by atoms with Crippen molar-refractivity contribution in [3.63, 3.8) is 0 Å². The van der Waals surface area contributed by atoms with Crippen LogP contribution in [0.2, 0.25) is 0 Å². The molecule has 0 amide bonds. The van der Waals surface area contributed by atoms with E-state index in [9.17, 15) is 4.79 Å². The number of aromatic nitrogens is 1. The van der Waals surface area contributed by atoms with E-state index in [1.54, 1.807) is 0 Å². The van der Waals surface area contributed by atoms with Gasteiger partial charge in [0.2, 0.25) is 0 Å². The molecule has 0 spiro atoms. The minimum atomic E-state index is -0.780. The van der Waals surface area contributed by atoms with E-state index in [0.717, 1.165) is 11.3 Å². The predicted molar refractivity (Wildman–Crippen MR) is 66.2 cm³/mol. The lowest BCUT2D eigenvalue weighted by atomic mass is 10.1. The number of nitrogens with one attached hydrogen (secondary N) is 1.